The zero-order chi connectivity index (χ0) is 19.2. The lowest BCUT2D eigenvalue weighted by atomic mass is 10.1. The van der Waals surface area contributed by atoms with Crippen molar-refractivity contribution in [3.05, 3.63) is 27.8 Å². The van der Waals surface area contributed by atoms with Gasteiger partial charge in [-0.25, -0.2) is 4.79 Å². The summed E-state index contributed by atoms with van der Waals surface area (Å²) in [7, 11) is 2.49. The highest BCUT2D eigenvalue weighted by molar-refractivity contribution is 5.93. The molecule has 1 aromatic rings. The molecule has 0 radical (unpaired) electrons. The van der Waals surface area contributed by atoms with Crippen LogP contribution in [0, 0.1) is 10.1 Å². The molecule has 0 saturated carbocycles. The number of nitro benzene ring substituents is 1. The maximum absolute atomic E-state index is 11.7. The molecule has 0 aliphatic rings. The fraction of sp³-hybridized carbons (Fsp3) is 0.500. The first-order valence-corrected chi connectivity index (χ1v) is 7.49. The molecule has 0 heterocycles. The van der Waals surface area contributed by atoms with Crippen molar-refractivity contribution in [2.24, 2.45) is 0 Å². The number of hydrogen-bond donors (Lipinski definition) is 1. The molecule has 0 unspecified atom stereocenters. The maximum Gasteiger partial charge on any atom is 0.338 e. The predicted molar refractivity (Wildman–Crippen MR) is 89.9 cm³/mol. The second-order valence-electron chi connectivity index (χ2n) is 6.08. The van der Waals surface area contributed by atoms with Gasteiger partial charge in [0.25, 0.3) is 5.69 Å². The second-order valence-corrected chi connectivity index (χ2v) is 6.08. The molecule has 1 N–H and O–H groups in total. The van der Waals surface area contributed by atoms with Gasteiger partial charge in [-0.2, -0.15) is 0 Å². The summed E-state index contributed by atoms with van der Waals surface area (Å²) in [5, 5.41) is 14.1. The van der Waals surface area contributed by atoms with Crippen molar-refractivity contribution in [1.82, 2.24) is 0 Å². The van der Waals surface area contributed by atoms with Crippen LogP contribution < -0.4 is 10.1 Å². The molecule has 0 atom stereocenters. The van der Waals surface area contributed by atoms with E-state index in [4.69, 9.17) is 9.47 Å². The quantitative estimate of drug-likeness (QED) is 0.451. The van der Waals surface area contributed by atoms with E-state index in [2.05, 4.69) is 10.1 Å². The van der Waals surface area contributed by atoms with Crippen LogP contribution in [0.4, 0.5) is 11.4 Å². The number of nitrogens with zero attached hydrogens (tertiary/aromatic N) is 1. The third-order valence-electron chi connectivity index (χ3n) is 2.97. The van der Waals surface area contributed by atoms with E-state index >= 15 is 0 Å². The van der Waals surface area contributed by atoms with Crippen molar-refractivity contribution >= 4 is 23.3 Å². The normalized spacial score (nSPS) is 10.8. The van der Waals surface area contributed by atoms with Crippen LogP contribution >= 0.6 is 0 Å². The molecule has 1 aromatic carbocycles. The molecule has 0 aliphatic carbocycles. The van der Waals surface area contributed by atoms with Gasteiger partial charge in [0.1, 0.15) is 11.4 Å². The number of hydrogen-bond acceptors (Lipinski definition) is 8. The summed E-state index contributed by atoms with van der Waals surface area (Å²) < 4.78 is 14.9. The smallest absolute Gasteiger partial charge is 0.338 e. The van der Waals surface area contributed by atoms with Crippen molar-refractivity contribution in [1.29, 1.82) is 0 Å². The summed E-state index contributed by atoms with van der Waals surface area (Å²) >= 11 is 0. The molecule has 1 rings (SSSR count). The number of carbonyl (C=O) groups is 2. The number of esters is 2. The summed E-state index contributed by atoms with van der Waals surface area (Å²) in [5.41, 5.74) is -0.903. The van der Waals surface area contributed by atoms with Gasteiger partial charge in [-0.1, -0.05) is 0 Å². The van der Waals surface area contributed by atoms with Crippen molar-refractivity contribution in [2.45, 2.75) is 32.8 Å². The number of benzene rings is 1. The molecule has 0 spiro atoms. The van der Waals surface area contributed by atoms with Gasteiger partial charge in [0.05, 0.1) is 31.1 Å². The predicted octanol–water partition coefficient (Wildman–Crippen LogP) is 2.53. The molecule has 9 heteroatoms. The molecule has 25 heavy (non-hydrogen) atoms. The Bertz CT molecular complexity index is 665. The van der Waals surface area contributed by atoms with E-state index in [1.807, 2.05) is 0 Å². The van der Waals surface area contributed by atoms with Gasteiger partial charge in [0, 0.05) is 12.6 Å². The number of ether oxygens (including phenoxy) is 3. The Hall–Kier alpha value is -2.84. The van der Waals surface area contributed by atoms with E-state index in [1.165, 1.54) is 20.3 Å². The number of rotatable bonds is 7. The fourth-order valence-corrected chi connectivity index (χ4v) is 2.00. The number of methoxy groups -OCH3 is 2. The van der Waals surface area contributed by atoms with Crippen LogP contribution in [-0.2, 0) is 14.3 Å². The Kier molecular flexibility index (Phi) is 6.72. The first-order chi connectivity index (χ1) is 11.6. The summed E-state index contributed by atoms with van der Waals surface area (Å²) in [6.45, 7) is 5.34. The molecular formula is C16H22N2O7. The van der Waals surface area contributed by atoms with Crippen LogP contribution in [0.15, 0.2) is 12.1 Å². The third-order valence-corrected chi connectivity index (χ3v) is 2.97. The van der Waals surface area contributed by atoms with E-state index in [1.54, 1.807) is 20.8 Å². The van der Waals surface area contributed by atoms with Gasteiger partial charge in [-0.05, 0) is 26.8 Å². The summed E-state index contributed by atoms with van der Waals surface area (Å²) in [6, 6.07) is 2.42. The SMILES string of the molecule is COC(=O)c1cc(OC)c(NCCC(=O)OC(C)(C)C)c([N+](=O)[O-])c1. The Balaban J connectivity index is 2.99. The van der Waals surface area contributed by atoms with Crippen LogP contribution in [0.1, 0.15) is 37.6 Å². The van der Waals surface area contributed by atoms with E-state index in [0.29, 0.717) is 0 Å². The van der Waals surface area contributed by atoms with Crippen LogP contribution in [-0.4, -0.2) is 43.2 Å². The molecule has 0 amide bonds. The Labute approximate surface area is 145 Å². The maximum atomic E-state index is 11.7. The minimum absolute atomic E-state index is 0.0102. The van der Waals surface area contributed by atoms with Gasteiger partial charge in [-0.15, -0.1) is 0 Å². The summed E-state index contributed by atoms with van der Waals surface area (Å²) in [5.74, 6) is -1.06. The highest BCUT2D eigenvalue weighted by Gasteiger charge is 2.24. The van der Waals surface area contributed by atoms with Gasteiger partial charge in [0.15, 0.2) is 5.69 Å². The van der Waals surface area contributed by atoms with Crippen molar-refractivity contribution < 1.29 is 28.7 Å². The second kappa shape index (κ2) is 8.32. The molecule has 0 bridgehead atoms. The lowest BCUT2D eigenvalue weighted by molar-refractivity contribution is -0.384. The van der Waals surface area contributed by atoms with E-state index < -0.39 is 22.5 Å². The Morgan fingerprint density at radius 3 is 2.36 bits per heavy atom. The minimum Gasteiger partial charge on any atom is -0.494 e. The standard InChI is InChI=1S/C16H22N2O7/c1-16(2,3)25-13(19)6-7-17-14-11(18(21)22)8-10(15(20)24-5)9-12(14)23-4/h8-9,17H,6-7H2,1-5H3. The van der Waals surface area contributed by atoms with Gasteiger partial charge >= 0.3 is 11.9 Å². The molecule has 0 saturated heterocycles. The molecule has 0 fully saturated rings. The Morgan fingerprint density at radius 2 is 1.88 bits per heavy atom. The van der Waals surface area contributed by atoms with Gasteiger partial charge in [-0.3, -0.25) is 14.9 Å². The molecule has 0 aliphatic heterocycles. The van der Waals surface area contributed by atoms with Crippen molar-refractivity contribution in [2.75, 3.05) is 26.1 Å². The van der Waals surface area contributed by atoms with Gasteiger partial charge in [0.2, 0.25) is 0 Å². The number of nitro groups is 1. The average molecular weight is 354 g/mol. The van der Waals surface area contributed by atoms with E-state index in [-0.39, 0.29) is 35.7 Å². The van der Waals surface area contributed by atoms with Crippen molar-refractivity contribution in [3.8, 4) is 5.75 Å². The molecule has 9 nitrogen and oxygen atoms in total. The topological polar surface area (TPSA) is 117 Å². The molecule has 138 valence electrons. The number of nitrogens with one attached hydrogen (secondary N) is 1. The lowest BCUT2D eigenvalue weighted by Gasteiger charge is -2.19. The highest BCUT2D eigenvalue weighted by atomic mass is 16.6. The average Bonchev–Trinajstić information content (AvgIpc) is 2.51. The molecule has 0 aromatic heterocycles. The van der Waals surface area contributed by atoms with E-state index in [9.17, 15) is 19.7 Å². The van der Waals surface area contributed by atoms with Crippen LogP contribution in [0.25, 0.3) is 0 Å². The first kappa shape index (κ1) is 20.2. The van der Waals surface area contributed by atoms with Crippen molar-refractivity contribution in [3.63, 3.8) is 0 Å². The zero-order valence-corrected chi connectivity index (χ0v) is 14.9. The highest BCUT2D eigenvalue weighted by Crippen LogP contribution is 2.36. The summed E-state index contributed by atoms with van der Waals surface area (Å²) in [6.07, 6.45) is 0.0102. The largest absolute Gasteiger partial charge is 0.494 e. The van der Waals surface area contributed by atoms with E-state index in [0.717, 1.165) is 6.07 Å². The first-order valence-electron chi connectivity index (χ1n) is 7.49. The van der Waals surface area contributed by atoms with Gasteiger partial charge < -0.3 is 19.5 Å². The van der Waals surface area contributed by atoms with Crippen LogP contribution in [0.5, 0.6) is 5.75 Å². The summed E-state index contributed by atoms with van der Waals surface area (Å²) in [4.78, 5) is 34.0. The number of anilines is 1. The monoisotopic (exact) mass is 354 g/mol. The minimum atomic E-state index is -0.721. The fourth-order valence-electron chi connectivity index (χ4n) is 2.00. The lowest BCUT2D eigenvalue weighted by Crippen LogP contribution is -2.25. The number of carbonyl (C=O) groups excluding carboxylic acids is 2. The Morgan fingerprint density at radius 1 is 1.24 bits per heavy atom. The third kappa shape index (κ3) is 5.94. The molecular weight excluding hydrogens is 332 g/mol. The zero-order valence-electron chi connectivity index (χ0n) is 14.9. The van der Waals surface area contributed by atoms with Crippen LogP contribution in [0.2, 0.25) is 0 Å². The van der Waals surface area contributed by atoms with Crippen LogP contribution in [0.3, 0.4) is 0 Å².